The van der Waals surface area contributed by atoms with E-state index in [0.717, 1.165) is 43.8 Å². The molecule has 3 N–H and O–H groups in total. The molecule has 29 heavy (non-hydrogen) atoms. The van der Waals surface area contributed by atoms with Crippen molar-refractivity contribution in [3.63, 3.8) is 0 Å². The zero-order valence-electron chi connectivity index (χ0n) is 18.2. The zero-order valence-corrected chi connectivity index (χ0v) is 19.1. The molecule has 3 rings (SSSR count). The van der Waals surface area contributed by atoms with Crippen LogP contribution in [0.5, 0.6) is 0 Å². The Morgan fingerprint density at radius 2 is 2.00 bits per heavy atom. The lowest BCUT2D eigenvalue weighted by atomic mass is 9.88. The predicted octanol–water partition coefficient (Wildman–Crippen LogP) is 3.73. The number of hydrogen-bond acceptors (Lipinski definition) is 4. The molecule has 1 aromatic rings. The van der Waals surface area contributed by atoms with Crippen LogP contribution < -0.4 is 16.0 Å². The van der Waals surface area contributed by atoms with Gasteiger partial charge in [0.05, 0.1) is 0 Å². The topological polar surface area (TPSA) is 57.7 Å². The SMILES string of the molecule is CCSC1CCC(NC(=NC)NCC2(NC(C)c3ccccc3)CCOCC2)C1. The summed E-state index contributed by atoms with van der Waals surface area (Å²) in [6.07, 6.45) is 5.80. The van der Waals surface area contributed by atoms with Gasteiger partial charge < -0.3 is 20.7 Å². The van der Waals surface area contributed by atoms with Gasteiger partial charge in [-0.25, -0.2) is 0 Å². The van der Waals surface area contributed by atoms with E-state index in [1.54, 1.807) is 0 Å². The largest absolute Gasteiger partial charge is 0.381 e. The van der Waals surface area contributed by atoms with Gasteiger partial charge in [-0.2, -0.15) is 11.8 Å². The van der Waals surface area contributed by atoms with Crippen molar-refractivity contribution < 1.29 is 4.74 Å². The van der Waals surface area contributed by atoms with Crippen LogP contribution in [-0.4, -0.2) is 55.3 Å². The maximum absolute atomic E-state index is 5.67. The first kappa shape index (κ1) is 22.4. The number of rotatable bonds is 8. The highest BCUT2D eigenvalue weighted by atomic mass is 32.2. The average Bonchev–Trinajstić information content (AvgIpc) is 3.19. The van der Waals surface area contributed by atoms with E-state index in [1.807, 2.05) is 7.05 Å². The van der Waals surface area contributed by atoms with Gasteiger partial charge in [-0.05, 0) is 50.3 Å². The van der Waals surface area contributed by atoms with E-state index in [4.69, 9.17) is 4.74 Å². The molecule has 0 amide bonds. The molecule has 3 unspecified atom stereocenters. The van der Waals surface area contributed by atoms with Gasteiger partial charge in [0.1, 0.15) is 0 Å². The molecular formula is C23H38N4OS. The minimum Gasteiger partial charge on any atom is -0.381 e. The van der Waals surface area contributed by atoms with Crippen molar-refractivity contribution in [2.24, 2.45) is 4.99 Å². The number of hydrogen-bond donors (Lipinski definition) is 3. The summed E-state index contributed by atoms with van der Waals surface area (Å²) in [5, 5.41) is 12.0. The summed E-state index contributed by atoms with van der Waals surface area (Å²) in [6, 6.07) is 11.5. The fourth-order valence-corrected chi connectivity index (χ4v) is 5.66. The number of aliphatic imine (C=N–C) groups is 1. The molecule has 162 valence electrons. The van der Waals surface area contributed by atoms with Crippen molar-refractivity contribution in [2.45, 2.75) is 68.8 Å². The second-order valence-electron chi connectivity index (χ2n) is 8.33. The maximum Gasteiger partial charge on any atom is 0.191 e. The summed E-state index contributed by atoms with van der Waals surface area (Å²) in [4.78, 5) is 4.50. The Bertz CT molecular complexity index is 633. The van der Waals surface area contributed by atoms with Gasteiger partial charge in [-0.3, -0.25) is 4.99 Å². The van der Waals surface area contributed by atoms with Crippen molar-refractivity contribution in [2.75, 3.05) is 32.6 Å². The molecule has 0 radical (unpaired) electrons. The summed E-state index contributed by atoms with van der Waals surface area (Å²) in [7, 11) is 1.87. The van der Waals surface area contributed by atoms with Gasteiger partial charge in [0.15, 0.2) is 5.96 Å². The average molecular weight is 419 g/mol. The first-order chi connectivity index (χ1) is 14.1. The number of ether oxygens (including phenoxy) is 1. The second kappa shape index (κ2) is 11.2. The number of benzene rings is 1. The molecule has 1 saturated carbocycles. The van der Waals surface area contributed by atoms with Crippen molar-refractivity contribution >= 4 is 17.7 Å². The molecule has 3 atom stereocenters. The number of nitrogens with zero attached hydrogens (tertiary/aromatic N) is 1. The Kier molecular flexibility index (Phi) is 8.69. The van der Waals surface area contributed by atoms with Crippen LogP contribution in [0.3, 0.4) is 0 Å². The molecule has 0 aromatic heterocycles. The summed E-state index contributed by atoms with van der Waals surface area (Å²) >= 11 is 2.09. The van der Waals surface area contributed by atoms with E-state index in [2.05, 4.69) is 76.9 Å². The van der Waals surface area contributed by atoms with Gasteiger partial charge in [0.2, 0.25) is 0 Å². The molecule has 1 aliphatic heterocycles. The first-order valence-corrected chi connectivity index (χ1v) is 12.2. The lowest BCUT2D eigenvalue weighted by molar-refractivity contribution is 0.0354. The van der Waals surface area contributed by atoms with E-state index >= 15 is 0 Å². The van der Waals surface area contributed by atoms with Gasteiger partial charge >= 0.3 is 0 Å². The van der Waals surface area contributed by atoms with Gasteiger partial charge in [-0.15, -0.1) is 0 Å². The highest BCUT2D eigenvalue weighted by Gasteiger charge is 2.34. The van der Waals surface area contributed by atoms with E-state index in [0.29, 0.717) is 12.1 Å². The van der Waals surface area contributed by atoms with Crippen LogP contribution >= 0.6 is 11.8 Å². The molecular weight excluding hydrogens is 380 g/mol. The number of guanidine groups is 1. The Hall–Kier alpha value is -1.24. The van der Waals surface area contributed by atoms with E-state index < -0.39 is 0 Å². The van der Waals surface area contributed by atoms with Crippen LogP contribution in [0.25, 0.3) is 0 Å². The smallest absolute Gasteiger partial charge is 0.191 e. The van der Waals surface area contributed by atoms with Crippen LogP contribution in [0.2, 0.25) is 0 Å². The molecule has 2 aliphatic rings. The Labute approximate surface area is 180 Å². The molecule has 6 heteroatoms. The second-order valence-corrected chi connectivity index (χ2v) is 9.90. The van der Waals surface area contributed by atoms with Crippen LogP contribution in [-0.2, 0) is 4.74 Å². The molecule has 1 saturated heterocycles. The minimum atomic E-state index is 0.0153. The third-order valence-corrected chi connectivity index (χ3v) is 7.45. The van der Waals surface area contributed by atoms with E-state index in [9.17, 15) is 0 Å². The van der Waals surface area contributed by atoms with Crippen LogP contribution in [0.15, 0.2) is 35.3 Å². The fourth-order valence-electron chi connectivity index (χ4n) is 4.52. The highest BCUT2D eigenvalue weighted by Crippen LogP contribution is 2.30. The van der Waals surface area contributed by atoms with Crippen LogP contribution in [0.1, 0.15) is 57.6 Å². The molecule has 5 nitrogen and oxygen atoms in total. The number of thioether (sulfide) groups is 1. The van der Waals surface area contributed by atoms with Crippen molar-refractivity contribution in [3.05, 3.63) is 35.9 Å². The quantitative estimate of drug-likeness (QED) is 0.444. The van der Waals surface area contributed by atoms with Crippen LogP contribution in [0.4, 0.5) is 0 Å². The highest BCUT2D eigenvalue weighted by molar-refractivity contribution is 7.99. The Morgan fingerprint density at radius 3 is 2.69 bits per heavy atom. The molecule has 0 bridgehead atoms. The van der Waals surface area contributed by atoms with Gasteiger partial charge in [0, 0.05) is 49.7 Å². The van der Waals surface area contributed by atoms with Crippen LogP contribution in [0, 0.1) is 0 Å². The van der Waals surface area contributed by atoms with Crippen molar-refractivity contribution in [1.82, 2.24) is 16.0 Å². The van der Waals surface area contributed by atoms with E-state index in [-0.39, 0.29) is 5.54 Å². The van der Waals surface area contributed by atoms with E-state index in [1.165, 1.54) is 30.6 Å². The predicted molar refractivity (Wildman–Crippen MR) is 125 cm³/mol. The van der Waals surface area contributed by atoms with Crippen molar-refractivity contribution in [1.29, 1.82) is 0 Å². The van der Waals surface area contributed by atoms with Gasteiger partial charge in [-0.1, -0.05) is 37.3 Å². The molecule has 1 aromatic carbocycles. The molecule has 1 heterocycles. The maximum atomic E-state index is 5.67. The Balaban J connectivity index is 1.56. The Morgan fingerprint density at radius 1 is 1.24 bits per heavy atom. The zero-order chi connectivity index (χ0) is 20.5. The summed E-state index contributed by atoms with van der Waals surface area (Å²) < 4.78 is 5.67. The third kappa shape index (κ3) is 6.63. The summed E-state index contributed by atoms with van der Waals surface area (Å²) in [5.41, 5.74) is 1.34. The third-order valence-electron chi connectivity index (χ3n) is 6.22. The van der Waals surface area contributed by atoms with Gasteiger partial charge in [0.25, 0.3) is 0 Å². The molecule has 1 aliphatic carbocycles. The normalized spacial score (nSPS) is 25.6. The lowest BCUT2D eigenvalue weighted by Gasteiger charge is -2.41. The number of nitrogens with one attached hydrogen (secondary N) is 3. The van der Waals surface area contributed by atoms with Crippen molar-refractivity contribution in [3.8, 4) is 0 Å². The summed E-state index contributed by atoms with van der Waals surface area (Å²) in [5.74, 6) is 2.14. The standard InChI is InChI=1S/C23H38N4OS/c1-4-29-21-11-10-20(16-21)26-22(24-3)25-17-23(12-14-28-15-13-23)27-18(2)19-8-6-5-7-9-19/h5-9,18,20-21,27H,4,10-17H2,1-3H3,(H2,24,25,26). The monoisotopic (exact) mass is 418 g/mol. The molecule has 2 fully saturated rings. The first-order valence-electron chi connectivity index (χ1n) is 11.1. The minimum absolute atomic E-state index is 0.0153. The fraction of sp³-hybridized carbons (Fsp3) is 0.696. The summed E-state index contributed by atoms with van der Waals surface area (Å²) in [6.45, 7) is 6.97. The lowest BCUT2D eigenvalue weighted by Crippen LogP contribution is -2.58. The molecule has 0 spiro atoms.